The third-order valence-electron chi connectivity index (χ3n) is 5.61. The van der Waals surface area contributed by atoms with Gasteiger partial charge in [0.2, 0.25) is 0 Å². The van der Waals surface area contributed by atoms with Crippen molar-refractivity contribution in [3.05, 3.63) is 11.5 Å². The fourth-order valence-corrected chi connectivity index (χ4v) is 4.72. The first kappa shape index (κ1) is 13.2. The zero-order valence-corrected chi connectivity index (χ0v) is 12.8. The maximum atomic E-state index is 12.6. The van der Waals surface area contributed by atoms with Crippen molar-refractivity contribution in [1.82, 2.24) is 9.88 Å². The number of oxazole rings is 1. The van der Waals surface area contributed by atoms with Gasteiger partial charge in [0.25, 0.3) is 0 Å². The van der Waals surface area contributed by atoms with Crippen molar-refractivity contribution in [2.75, 3.05) is 11.9 Å². The molecule has 0 aromatic carbocycles. The molecule has 0 radical (unpaired) electrons. The van der Waals surface area contributed by atoms with Crippen LogP contribution in [0.25, 0.3) is 0 Å². The first-order valence-electron chi connectivity index (χ1n) is 8.10. The number of hydrogen-bond donors (Lipinski definition) is 1. The van der Waals surface area contributed by atoms with E-state index in [1.165, 1.54) is 32.1 Å². The highest BCUT2D eigenvalue weighted by Gasteiger charge is 2.44. The van der Waals surface area contributed by atoms with Crippen molar-refractivity contribution < 1.29 is 9.21 Å². The lowest BCUT2D eigenvalue weighted by atomic mass is 9.68. The van der Waals surface area contributed by atoms with Gasteiger partial charge >= 0.3 is 12.0 Å². The number of amides is 2. The molecule has 2 aliphatic heterocycles. The van der Waals surface area contributed by atoms with E-state index in [1.807, 2.05) is 13.8 Å². The van der Waals surface area contributed by atoms with Crippen molar-refractivity contribution in [3.63, 3.8) is 0 Å². The molecule has 5 rings (SSSR count). The molecule has 2 aliphatic carbocycles. The Labute approximate surface area is 125 Å². The van der Waals surface area contributed by atoms with Gasteiger partial charge in [0, 0.05) is 12.6 Å². The maximum Gasteiger partial charge on any atom is 0.325 e. The molecular formula is C16H23N3O2. The molecule has 4 aliphatic rings. The highest BCUT2D eigenvalue weighted by molar-refractivity contribution is 5.87. The van der Waals surface area contributed by atoms with Crippen molar-refractivity contribution in [2.24, 2.45) is 17.8 Å². The van der Waals surface area contributed by atoms with Crippen LogP contribution in [0.15, 0.2) is 4.42 Å². The van der Waals surface area contributed by atoms with Gasteiger partial charge in [-0.3, -0.25) is 5.32 Å². The number of carbonyl (C=O) groups is 1. The number of fused-ring (bicyclic) bond motifs is 1. The van der Waals surface area contributed by atoms with Gasteiger partial charge in [-0.1, -0.05) is 0 Å². The minimum absolute atomic E-state index is 0.0329. The Balaban J connectivity index is 1.51. The van der Waals surface area contributed by atoms with Gasteiger partial charge in [0.05, 0.1) is 5.69 Å². The summed E-state index contributed by atoms with van der Waals surface area (Å²) in [4.78, 5) is 18.9. The summed E-state index contributed by atoms with van der Waals surface area (Å²) < 4.78 is 5.48. The standard InChI is InChI=1S/C16H23N3O2/c1-9-10(2)21-15(17-9)18-16(20)19-8-13-4-11-3-12(5-13)7-14(19)6-11/h11-14H,3-8H2,1-2H3,(H,17,18,20). The third kappa shape index (κ3) is 2.32. The van der Waals surface area contributed by atoms with Crippen molar-refractivity contribution in [2.45, 2.75) is 52.0 Å². The van der Waals surface area contributed by atoms with Crippen LogP contribution < -0.4 is 5.32 Å². The largest absolute Gasteiger partial charge is 0.428 e. The molecule has 5 heteroatoms. The van der Waals surface area contributed by atoms with E-state index in [-0.39, 0.29) is 6.03 Å². The smallest absolute Gasteiger partial charge is 0.325 e. The SMILES string of the molecule is Cc1nc(NC(=O)N2CC3CC4CC(C3)CC2C4)oc1C. The van der Waals surface area contributed by atoms with Crippen LogP contribution in [0.1, 0.15) is 43.6 Å². The van der Waals surface area contributed by atoms with Gasteiger partial charge in [-0.25, -0.2) is 4.79 Å². The molecule has 2 unspecified atom stereocenters. The number of nitrogens with zero attached hydrogens (tertiary/aromatic N) is 2. The van der Waals surface area contributed by atoms with E-state index >= 15 is 0 Å². The zero-order chi connectivity index (χ0) is 14.6. The molecule has 2 atom stereocenters. The highest BCUT2D eigenvalue weighted by atomic mass is 16.4. The number of anilines is 1. The Bertz CT molecular complexity index is 534. The average molecular weight is 289 g/mol. The third-order valence-corrected chi connectivity index (χ3v) is 5.61. The summed E-state index contributed by atoms with van der Waals surface area (Å²) >= 11 is 0. The Morgan fingerprint density at radius 1 is 1.14 bits per heavy atom. The molecule has 1 N–H and O–H groups in total. The van der Waals surface area contributed by atoms with E-state index in [2.05, 4.69) is 15.2 Å². The molecule has 114 valence electrons. The van der Waals surface area contributed by atoms with Crippen LogP contribution in [-0.4, -0.2) is 28.5 Å². The van der Waals surface area contributed by atoms with Crippen molar-refractivity contribution in [1.29, 1.82) is 0 Å². The second kappa shape index (κ2) is 4.75. The molecule has 3 heterocycles. The fraction of sp³-hybridized carbons (Fsp3) is 0.750. The van der Waals surface area contributed by atoms with Crippen LogP contribution in [0, 0.1) is 31.6 Å². The molecule has 1 aromatic heterocycles. The predicted octanol–water partition coefficient (Wildman–Crippen LogP) is 3.33. The molecular weight excluding hydrogens is 266 g/mol. The number of aromatic nitrogens is 1. The number of hydrogen-bond acceptors (Lipinski definition) is 3. The van der Waals surface area contributed by atoms with Gasteiger partial charge in [-0.2, -0.15) is 4.98 Å². The zero-order valence-electron chi connectivity index (χ0n) is 12.8. The van der Waals surface area contributed by atoms with Gasteiger partial charge in [-0.15, -0.1) is 0 Å². The molecule has 4 bridgehead atoms. The van der Waals surface area contributed by atoms with Gasteiger partial charge in [-0.05, 0) is 63.7 Å². The van der Waals surface area contributed by atoms with Gasteiger partial charge < -0.3 is 9.32 Å². The van der Waals surface area contributed by atoms with Crippen LogP contribution in [-0.2, 0) is 0 Å². The minimum Gasteiger partial charge on any atom is -0.428 e. The Kier molecular flexibility index (Phi) is 2.98. The maximum absolute atomic E-state index is 12.6. The summed E-state index contributed by atoms with van der Waals surface area (Å²) in [5.74, 6) is 3.15. The van der Waals surface area contributed by atoms with E-state index in [4.69, 9.17) is 4.42 Å². The van der Waals surface area contributed by atoms with Crippen LogP contribution in [0.5, 0.6) is 0 Å². The second-order valence-corrected chi connectivity index (χ2v) is 7.17. The second-order valence-electron chi connectivity index (χ2n) is 7.17. The lowest BCUT2D eigenvalue weighted by Gasteiger charge is -2.38. The lowest BCUT2D eigenvalue weighted by molar-refractivity contribution is 0.136. The van der Waals surface area contributed by atoms with Crippen LogP contribution >= 0.6 is 0 Å². The Morgan fingerprint density at radius 2 is 1.81 bits per heavy atom. The minimum atomic E-state index is -0.0329. The van der Waals surface area contributed by atoms with E-state index in [0.717, 1.165) is 29.8 Å². The number of carbonyl (C=O) groups excluding carboxylic acids is 1. The molecule has 2 amide bonds. The Morgan fingerprint density at radius 3 is 2.43 bits per heavy atom. The fourth-order valence-electron chi connectivity index (χ4n) is 4.72. The lowest BCUT2D eigenvalue weighted by Crippen LogP contribution is -2.44. The Hall–Kier alpha value is -1.52. The normalized spacial score (nSPS) is 34.1. The topological polar surface area (TPSA) is 58.4 Å². The van der Waals surface area contributed by atoms with E-state index in [0.29, 0.717) is 18.0 Å². The number of nitrogens with one attached hydrogen (secondary N) is 1. The summed E-state index contributed by atoms with van der Waals surface area (Å²) in [7, 11) is 0. The van der Waals surface area contributed by atoms with Crippen LogP contribution in [0.2, 0.25) is 0 Å². The number of urea groups is 1. The van der Waals surface area contributed by atoms with Crippen LogP contribution in [0.4, 0.5) is 10.8 Å². The number of rotatable bonds is 1. The molecule has 2 saturated carbocycles. The summed E-state index contributed by atoms with van der Waals surface area (Å²) in [6.07, 6.45) is 6.39. The highest BCUT2D eigenvalue weighted by Crippen LogP contribution is 2.47. The molecule has 4 fully saturated rings. The van der Waals surface area contributed by atoms with Crippen LogP contribution in [0.3, 0.4) is 0 Å². The monoisotopic (exact) mass is 289 g/mol. The van der Waals surface area contributed by atoms with E-state index in [9.17, 15) is 4.79 Å². The summed E-state index contributed by atoms with van der Waals surface area (Å²) in [6, 6.07) is 0.715. The quantitative estimate of drug-likeness (QED) is 0.862. The first-order valence-corrected chi connectivity index (χ1v) is 8.10. The average Bonchev–Trinajstić information content (AvgIpc) is 2.60. The summed E-state index contributed by atoms with van der Waals surface area (Å²) in [6.45, 7) is 4.66. The predicted molar refractivity (Wildman–Crippen MR) is 79.0 cm³/mol. The molecule has 2 saturated heterocycles. The van der Waals surface area contributed by atoms with E-state index in [1.54, 1.807) is 0 Å². The van der Waals surface area contributed by atoms with Gasteiger partial charge in [0.1, 0.15) is 5.76 Å². The summed E-state index contributed by atoms with van der Waals surface area (Å²) in [5.41, 5.74) is 0.834. The number of aryl methyl sites for hydroxylation is 2. The molecule has 1 aromatic rings. The molecule has 21 heavy (non-hydrogen) atoms. The van der Waals surface area contributed by atoms with E-state index < -0.39 is 0 Å². The van der Waals surface area contributed by atoms with Crippen molar-refractivity contribution in [3.8, 4) is 0 Å². The molecule has 0 spiro atoms. The van der Waals surface area contributed by atoms with Gasteiger partial charge in [0.15, 0.2) is 0 Å². The molecule has 5 nitrogen and oxygen atoms in total. The first-order chi connectivity index (χ1) is 10.1. The van der Waals surface area contributed by atoms with Crippen molar-refractivity contribution >= 4 is 12.0 Å². The summed E-state index contributed by atoms with van der Waals surface area (Å²) in [5, 5.41) is 2.85.